The maximum Gasteiger partial charge on any atom is 0.274 e. The van der Waals surface area contributed by atoms with E-state index in [9.17, 15) is 4.79 Å². The molecule has 3 rings (SSSR count). The van der Waals surface area contributed by atoms with Gasteiger partial charge in [0.2, 0.25) is 0 Å². The molecule has 0 bridgehead atoms. The van der Waals surface area contributed by atoms with Crippen LogP contribution in [-0.4, -0.2) is 33.7 Å². The fourth-order valence-electron chi connectivity index (χ4n) is 2.95. The molecule has 1 amide bonds. The molecule has 1 aliphatic rings. The molecular weight excluding hydrogens is 264 g/mol. The van der Waals surface area contributed by atoms with E-state index in [-0.39, 0.29) is 5.91 Å². The van der Waals surface area contributed by atoms with Crippen molar-refractivity contribution in [1.29, 1.82) is 0 Å². The molecule has 1 aliphatic heterocycles. The molecule has 0 radical (unpaired) electrons. The third-order valence-electron chi connectivity index (χ3n) is 4.18. The number of fused-ring (bicyclic) bond motifs is 1. The summed E-state index contributed by atoms with van der Waals surface area (Å²) in [6, 6.07) is 8.40. The number of nitrogens with zero attached hydrogens (tertiary/aromatic N) is 3. The molecule has 0 unspecified atom stereocenters. The fourth-order valence-corrected chi connectivity index (χ4v) is 2.95. The van der Waals surface area contributed by atoms with Crippen molar-refractivity contribution >= 4 is 11.6 Å². The van der Waals surface area contributed by atoms with Crippen LogP contribution >= 0.6 is 0 Å². The highest BCUT2D eigenvalue weighted by molar-refractivity contribution is 5.98. The number of benzene rings is 1. The summed E-state index contributed by atoms with van der Waals surface area (Å²) in [7, 11) is 1.77. The Bertz CT molecular complexity index is 663. The van der Waals surface area contributed by atoms with Gasteiger partial charge >= 0.3 is 0 Å². The van der Waals surface area contributed by atoms with Crippen LogP contribution in [0.4, 0.5) is 5.69 Å². The lowest BCUT2D eigenvalue weighted by atomic mass is 10.0. The van der Waals surface area contributed by atoms with E-state index in [1.54, 1.807) is 11.7 Å². The van der Waals surface area contributed by atoms with Crippen molar-refractivity contribution in [2.24, 2.45) is 7.05 Å². The van der Waals surface area contributed by atoms with Gasteiger partial charge in [-0.1, -0.05) is 24.3 Å². The average Bonchev–Trinajstić information content (AvgIpc) is 2.66. The molecule has 2 aromatic rings. The first-order valence-corrected chi connectivity index (χ1v) is 7.23. The molecule has 2 N–H and O–H groups in total. The zero-order valence-corrected chi connectivity index (χ0v) is 12.5. The molecule has 0 spiro atoms. The first-order valence-electron chi connectivity index (χ1n) is 7.23. The quantitative estimate of drug-likeness (QED) is 0.864. The standard InChI is InChI=1S/C16H20N4O/c1-11-14(17)15(19(2)18-11)16(21)20-9-7-12-5-3-4-6-13(12)8-10-20/h3-6H,7-10,17H2,1-2H3. The van der Waals surface area contributed by atoms with Crippen LogP contribution in [0.1, 0.15) is 27.3 Å². The van der Waals surface area contributed by atoms with Crippen LogP contribution in [0.2, 0.25) is 0 Å². The summed E-state index contributed by atoms with van der Waals surface area (Å²) in [6.07, 6.45) is 1.78. The predicted molar refractivity (Wildman–Crippen MR) is 82.1 cm³/mol. The topological polar surface area (TPSA) is 64.2 Å². The summed E-state index contributed by atoms with van der Waals surface area (Å²) >= 11 is 0. The number of aromatic nitrogens is 2. The van der Waals surface area contributed by atoms with Gasteiger partial charge in [0, 0.05) is 20.1 Å². The number of carbonyl (C=O) groups excluding carboxylic acids is 1. The maximum atomic E-state index is 12.7. The van der Waals surface area contributed by atoms with Crippen molar-refractivity contribution in [2.45, 2.75) is 19.8 Å². The second-order valence-corrected chi connectivity index (χ2v) is 5.53. The van der Waals surface area contributed by atoms with Gasteiger partial charge in [0.15, 0.2) is 0 Å². The van der Waals surface area contributed by atoms with Crippen molar-refractivity contribution in [2.75, 3.05) is 18.8 Å². The molecule has 0 saturated carbocycles. The van der Waals surface area contributed by atoms with E-state index < -0.39 is 0 Å². The van der Waals surface area contributed by atoms with Crippen molar-refractivity contribution in [3.05, 3.63) is 46.8 Å². The van der Waals surface area contributed by atoms with Crippen LogP contribution < -0.4 is 5.73 Å². The number of rotatable bonds is 1. The Hall–Kier alpha value is -2.30. The number of carbonyl (C=O) groups is 1. The highest BCUT2D eigenvalue weighted by Gasteiger charge is 2.25. The zero-order valence-electron chi connectivity index (χ0n) is 12.5. The summed E-state index contributed by atoms with van der Waals surface area (Å²) in [5, 5.41) is 4.23. The minimum atomic E-state index is -0.0246. The summed E-state index contributed by atoms with van der Waals surface area (Å²) in [5.41, 5.74) is 10.4. The monoisotopic (exact) mass is 284 g/mol. The van der Waals surface area contributed by atoms with Crippen LogP contribution in [-0.2, 0) is 19.9 Å². The van der Waals surface area contributed by atoms with Gasteiger partial charge in [-0.2, -0.15) is 5.10 Å². The van der Waals surface area contributed by atoms with Gasteiger partial charge in [0.25, 0.3) is 5.91 Å². The first kappa shape index (κ1) is 13.7. The van der Waals surface area contributed by atoms with E-state index in [2.05, 4.69) is 29.4 Å². The second-order valence-electron chi connectivity index (χ2n) is 5.53. The largest absolute Gasteiger partial charge is 0.395 e. The second kappa shape index (κ2) is 5.24. The number of nitrogen functional groups attached to an aromatic ring is 1. The van der Waals surface area contributed by atoms with Crippen LogP contribution in [0.15, 0.2) is 24.3 Å². The number of anilines is 1. The van der Waals surface area contributed by atoms with Gasteiger partial charge < -0.3 is 10.6 Å². The number of amides is 1. The smallest absolute Gasteiger partial charge is 0.274 e. The zero-order chi connectivity index (χ0) is 15.0. The van der Waals surface area contributed by atoms with E-state index in [0.29, 0.717) is 17.1 Å². The molecule has 0 aliphatic carbocycles. The van der Waals surface area contributed by atoms with E-state index in [4.69, 9.17) is 5.73 Å². The maximum absolute atomic E-state index is 12.7. The number of nitrogens with two attached hydrogens (primary N) is 1. The molecule has 1 aromatic heterocycles. The van der Waals surface area contributed by atoms with Crippen molar-refractivity contribution in [3.63, 3.8) is 0 Å². The van der Waals surface area contributed by atoms with Crippen LogP contribution in [0, 0.1) is 6.92 Å². The number of hydrogen-bond donors (Lipinski definition) is 1. The van der Waals surface area contributed by atoms with Crippen LogP contribution in [0.5, 0.6) is 0 Å². The summed E-state index contributed by atoms with van der Waals surface area (Å²) in [6.45, 7) is 3.27. The molecule has 21 heavy (non-hydrogen) atoms. The normalized spacial score (nSPS) is 14.7. The lowest BCUT2D eigenvalue weighted by molar-refractivity contribution is 0.0753. The minimum Gasteiger partial charge on any atom is -0.395 e. The van der Waals surface area contributed by atoms with E-state index in [1.165, 1.54) is 11.1 Å². The molecule has 5 nitrogen and oxygen atoms in total. The minimum absolute atomic E-state index is 0.0246. The molecule has 2 heterocycles. The average molecular weight is 284 g/mol. The molecule has 0 fully saturated rings. The lowest BCUT2D eigenvalue weighted by Gasteiger charge is -2.20. The number of aryl methyl sites for hydroxylation is 2. The summed E-state index contributed by atoms with van der Waals surface area (Å²) < 4.78 is 1.59. The molecular formula is C16H20N4O. The van der Waals surface area contributed by atoms with Crippen LogP contribution in [0.25, 0.3) is 0 Å². The molecule has 1 aromatic carbocycles. The van der Waals surface area contributed by atoms with Gasteiger partial charge in [-0.3, -0.25) is 9.48 Å². The van der Waals surface area contributed by atoms with Gasteiger partial charge in [0.1, 0.15) is 5.69 Å². The number of hydrogen-bond acceptors (Lipinski definition) is 3. The lowest BCUT2D eigenvalue weighted by Crippen LogP contribution is -2.35. The van der Waals surface area contributed by atoms with Crippen molar-refractivity contribution < 1.29 is 4.79 Å². The van der Waals surface area contributed by atoms with E-state index in [1.807, 2.05) is 11.8 Å². The third-order valence-corrected chi connectivity index (χ3v) is 4.18. The molecule has 0 atom stereocenters. The Kier molecular flexibility index (Phi) is 3.41. The highest BCUT2D eigenvalue weighted by atomic mass is 16.2. The first-order chi connectivity index (χ1) is 10.1. The fraction of sp³-hybridized carbons (Fsp3) is 0.375. The van der Waals surface area contributed by atoms with Gasteiger partial charge in [-0.05, 0) is 30.9 Å². The van der Waals surface area contributed by atoms with E-state index >= 15 is 0 Å². The molecule has 5 heteroatoms. The van der Waals surface area contributed by atoms with Gasteiger partial charge in [-0.25, -0.2) is 0 Å². The van der Waals surface area contributed by atoms with Crippen LogP contribution in [0.3, 0.4) is 0 Å². The Balaban J connectivity index is 1.84. The van der Waals surface area contributed by atoms with Gasteiger partial charge in [-0.15, -0.1) is 0 Å². The Morgan fingerprint density at radius 2 is 1.76 bits per heavy atom. The molecule has 110 valence electrons. The highest BCUT2D eigenvalue weighted by Crippen LogP contribution is 2.20. The summed E-state index contributed by atoms with van der Waals surface area (Å²) in [5.74, 6) is -0.0246. The SMILES string of the molecule is Cc1nn(C)c(C(=O)N2CCc3ccccc3CC2)c1N. The van der Waals surface area contributed by atoms with Gasteiger partial charge in [0.05, 0.1) is 11.4 Å². The van der Waals surface area contributed by atoms with Crippen molar-refractivity contribution in [1.82, 2.24) is 14.7 Å². The van der Waals surface area contributed by atoms with E-state index in [0.717, 1.165) is 25.9 Å². The third kappa shape index (κ3) is 2.39. The molecule has 0 saturated heterocycles. The Morgan fingerprint density at radius 1 is 1.19 bits per heavy atom. The Morgan fingerprint density at radius 3 is 2.24 bits per heavy atom. The van der Waals surface area contributed by atoms with Crippen molar-refractivity contribution in [3.8, 4) is 0 Å². The predicted octanol–water partition coefficient (Wildman–Crippen LogP) is 1.55. The Labute approximate surface area is 124 Å². The summed E-state index contributed by atoms with van der Waals surface area (Å²) in [4.78, 5) is 14.6.